The van der Waals surface area contributed by atoms with Crippen LogP contribution in [0.15, 0.2) is 42.6 Å². The lowest BCUT2D eigenvalue weighted by molar-refractivity contribution is -0.114. The first-order valence-corrected chi connectivity index (χ1v) is 5.32. The Morgan fingerprint density at radius 1 is 1.28 bits per heavy atom. The van der Waals surface area contributed by atoms with Gasteiger partial charge in [-0.05, 0) is 24.3 Å². The van der Waals surface area contributed by atoms with Crippen molar-refractivity contribution in [1.29, 1.82) is 0 Å². The number of nitrogens with one attached hydrogen (secondary N) is 1. The fraction of sp³-hybridized carbons (Fsp3) is 0.0769. The van der Waals surface area contributed by atoms with Crippen molar-refractivity contribution < 1.29 is 13.9 Å². The van der Waals surface area contributed by atoms with Crippen molar-refractivity contribution in [3.8, 4) is 11.6 Å². The number of rotatable bonds is 3. The Balaban J connectivity index is 2.29. The summed E-state index contributed by atoms with van der Waals surface area (Å²) in [4.78, 5) is 15.0. The molecule has 5 heteroatoms. The van der Waals surface area contributed by atoms with Gasteiger partial charge in [0.1, 0.15) is 5.69 Å². The fourth-order valence-electron chi connectivity index (χ4n) is 1.39. The summed E-state index contributed by atoms with van der Waals surface area (Å²) in [6, 6.07) is 9.27. The molecule has 2 aromatic rings. The van der Waals surface area contributed by atoms with Gasteiger partial charge in [-0.3, -0.25) is 4.79 Å². The molecule has 0 fully saturated rings. The van der Waals surface area contributed by atoms with E-state index in [2.05, 4.69) is 10.3 Å². The molecule has 0 saturated heterocycles. The molecule has 0 aliphatic rings. The second kappa shape index (κ2) is 5.27. The van der Waals surface area contributed by atoms with Crippen molar-refractivity contribution in [3.05, 3.63) is 48.4 Å². The predicted octanol–water partition coefficient (Wildman–Crippen LogP) is 2.97. The molecule has 1 aromatic carbocycles. The molecule has 0 spiro atoms. The Morgan fingerprint density at radius 2 is 2.06 bits per heavy atom. The second-order valence-corrected chi connectivity index (χ2v) is 3.57. The second-order valence-electron chi connectivity index (χ2n) is 3.57. The van der Waals surface area contributed by atoms with Crippen LogP contribution in [0.2, 0.25) is 0 Å². The van der Waals surface area contributed by atoms with Crippen LogP contribution >= 0.6 is 0 Å². The van der Waals surface area contributed by atoms with Crippen LogP contribution in [0.1, 0.15) is 6.92 Å². The summed E-state index contributed by atoms with van der Waals surface area (Å²) in [5, 5.41) is 2.56. The quantitative estimate of drug-likeness (QED) is 0.905. The summed E-state index contributed by atoms with van der Waals surface area (Å²) >= 11 is 0. The standard InChI is InChI=1S/C13H11FN2O2/c1-9(17)16-11-6-4-8-15-13(11)18-12-7-3-2-5-10(12)14/h2-8H,1H3,(H,16,17). The zero-order valence-corrected chi connectivity index (χ0v) is 9.68. The maximum Gasteiger partial charge on any atom is 0.243 e. The number of amides is 1. The number of ether oxygens (including phenoxy) is 1. The maximum absolute atomic E-state index is 13.4. The van der Waals surface area contributed by atoms with E-state index < -0.39 is 5.82 Å². The van der Waals surface area contributed by atoms with Crippen LogP contribution in [0.25, 0.3) is 0 Å². The Kier molecular flexibility index (Phi) is 3.52. The van der Waals surface area contributed by atoms with E-state index in [4.69, 9.17) is 4.74 Å². The Morgan fingerprint density at radius 3 is 2.78 bits per heavy atom. The smallest absolute Gasteiger partial charge is 0.243 e. The van der Waals surface area contributed by atoms with Gasteiger partial charge < -0.3 is 10.1 Å². The number of aromatic nitrogens is 1. The van der Waals surface area contributed by atoms with Gasteiger partial charge in [0, 0.05) is 13.1 Å². The van der Waals surface area contributed by atoms with Crippen molar-refractivity contribution >= 4 is 11.6 Å². The monoisotopic (exact) mass is 246 g/mol. The van der Waals surface area contributed by atoms with E-state index in [-0.39, 0.29) is 17.5 Å². The molecule has 0 saturated carbocycles. The third-order valence-corrected chi connectivity index (χ3v) is 2.13. The first kappa shape index (κ1) is 12.0. The van der Waals surface area contributed by atoms with E-state index in [9.17, 15) is 9.18 Å². The van der Waals surface area contributed by atoms with Gasteiger partial charge in [-0.2, -0.15) is 0 Å². The molecule has 0 unspecified atom stereocenters. The maximum atomic E-state index is 13.4. The number of para-hydroxylation sites is 1. The fourth-order valence-corrected chi connectivity index (χ4v) is 1.39. The molecule has 0 bridgehead atoms. The van der Waals surface area contributed by atoms with Gasteiger partial charge in [0.2, 0.25) is 11.8 Å². The number of anilines is 1. The molecule has 1 N–H and O–H groups in total. The van der Waals surface area contributed by atoms with Gasteiger partial charge >= 0.3 is 0 Å². The minimum atomic E-state index is -0.489. The van der Waals surface area contributed by atoms with Gasteiger partial charge in [0.05, 0.1) is 0 Å². The van der Waals surface area contributed by atoms with E-state index in [1.54, 1.807) is 24.3 Å². The SMILES string of the molecule is CC(=O)Nc1cccnc1Oc1ccccc1F. The first-order valence-electron chi connectivity index (χ1n) is 5.32. The van der Waals surface area contributed by atoms with Crippen LogP contribution in [0.3, 0.4) is 0 Å². The number of nitrogens with zero attached hydrogens (tertiary/aromatic N) is 1. The van der Waals surface area contributed by atoms with E-state index in [1.807, 2.05) is 0 Å². The molecular weight excluding hydrogens is 235 g/mol. The number of hydrogen-bond acceptors (Lipinski definition) is 3. The van der Waals surface area contributed by atoms with E-state index in [0.717, 1.165) is 0 Å². The molecule has 0 atom stereocenters. The number of benzene rings is 1. The Bertz CT molecular complexity index is 572. The Hall–Kier alpha value is -2.43. The van der Waals surface area contributed by atoms with Crippen LogP contribution < -0.4 is 10.1 Å². The van der Waals surface area contributed by atoms with Crippen LogP contribution in [0.4, 0.5) is 10.1 Å². The normalized spacial score (nSPS) is 9.89. The third-order valence-electron chi connectivity index (χ3n) is 2.13. The number of halogens is 1. The number of pyridine rings is 1. The van der Waals surface area contributed by atoms with Crippen LogP contribution in [0.5, 0.6) is 11.6 Å². The van der Waals surface area contributed by atoms with Gasteiger partial charge in [-0.15, -0.1) is 0 Å². The average Bonchev–Trinajstić information content (AvgIpc) is 2.34. The minimum Gasteiger partial charge on any atom is -0.434 e. The van der Waals surface area contributed by atoms with Gasteiger partial charge in [0.25, 0.3) is 0 Å². The minimum absolute atomic E-state index is 0.0582. The largest absolute Gasteiger partial charge is 0.434 e. The highest BCUT2D eigenvalue weighted by Crippen LogP contribution is 2.28. The predicted molar refractivity (Wildman–Crippen MR) is 65.0 cm³/mol. The zero-order valence-electron chi connectivity index (χ0n) is 9.68. The summed E-state index contributed by atoms with van der Waals surface area (Å²) in [7, 11) is 0. The van der Waals surface area contributed by atoms with Gasteiger partial charge in [0.15, 0.2) is 11.6 Å². The molecule has 1 heterocycles. The molecule has 2 rings (SSSR count). The van der Waals surface area contributed by atoms with Crippen LogP contribution in [-0.4, -0.2) is 10.9 Å². The summed E-state index contributed by atoms with van der Waals surface area (Å²) in [5.74, 6) is -0.529. The van der Waals surface area contributed by atoms with Crippen molar-refractivity contribution in [2.45, 2.75) is 6.92 Å². The molecule has 0 aliphatic heterocycles. The summed E-state index contributed by atoms with van der Waals surface area (Å²) < 4.78 is 18.8. The van der Waals surface area contributed by atoms with Crippen LogP contribution in [0, 0.1) is 5.82 Å². The molecule has 4 nitrogen and oxygen atoms in total. The molecule has 18 heavy (non-hydrogen) atoms. The lowest BCUT2D eigenvalue weighted by Crippen LogP contribution is -2.07. The first-order chi connectivity index (χ1) is 8.66. The molecule has 1 aromatic heterocycles. The van der Waals surface area contributed by atoms with Gasteiger partial charge in [-0.1, -0.05) is 12.1 Å². The van der Waals surface area contributed by atoms with E-state index in [1.165, 1.54) is 25.3 Å². The zero-order chi connectivity index (χ0) is 13.0. The topological polar surface area (TPSA) is 51.2 Å². The van der Waals surface area contributed by atoms with Crippen molar-refractivity contribution in [2.75, 3.05) is 5.32 Å². The summed E-state index contributed by atoms with van der Waals surface area (Å²) in [5.41, 5.74) is 0.397. The van der Waals surface area contributed by atoms with Crippen molar-refractivity contribution in [1.82, 2.24) is 4.98 Å². The Labute approximate surface area is 103 Å². The summed E-state index contributed by atoms with van der Waals surface area (Å²) in [6.07, 6.45) is 1.50. The van der Waals surface area contributed by atoms with Crippen molar-refractivity contribution in [3.63, 3.8) is 0 Å². The molecule has 92 valence electrons. The van der Waals surface area contributed by atoms with Gasteiger partial charge in [-0.25, -0.2) is 9.37 Å². The lowest BCUT2D eigenvalue weighted by Gasteiger charge is -2.10. The highest BCUT2D eigenvalue weighted by atomic mass is 19.1. The van der Waals surface area contributed by atoms with E-state index >= 15 is 0 Å². The van der Waals surface area contributed by atoms with Crippen LogP contribution in [-0.2, 0) is 4.79 Å². The van der Waals surface area contributed by atoms with E-state index in [0.29, 0.717) is 5.69 Å². The number of carbonyl (C=O) groups is 1. The number of carbonyl (C=O) groups excluding carboxylic acids is 1. The van der Waals surface area contributed by atoms with Crippen molar-refractivity contribution in [2.24, 2.45) is 0 Å². The summed E-state index contributed by atoms with van der Waals surface area (Å²) in [6.45, 7) is 1.37. The third kappa shape index (κ3) is 2.82. The average molecular weight is 246 g/mol. The molecule has 0 radical (unpaired) electrons. The molecule has 1 amide bonds. The molecular formula is C13H11FN2O2. The molecule has 0 aliphatic carbocycles. The number of hydrogen-bond donors (Lipinski definition) is 1. The lowest BCUT2D eigenvalue weighted by atomic mass is 10.3. The highest BCUT2D eigenvalue weighted by Gasteiger charge is 2.09. The highest BCUT2D eigenvalue weighted by molar-refractivity contribution is 5.89.